The molecule has 1 aliphatic rings. The number of likely N-dealkylation sites (tertiary alicyclic amines) is 1. The number of nitrogens with zero attached hydrogens (tertiary/aromatic N) is 1. The third-order valence-corrected chi connectivity index (χ3v) is 3.20. The normalized spacial score (nSPS) is 27.9. The highest BCUT2D eigenvalue weighted by atomic mass is 16.5. The molecule has 82 valence electrons. The molecule has 0 radical (unpaired) electrons. The first-order chi connectivity index (χ1) is 7.29. The summed E-state index contributed by atoms with van der Waals surface area (Å²) in [5.74, 6) is 0.620. The Morgan fingerprint density at radius 3 is 2.60 bits per heavy atom. The molecule has 1 aromatic carbocycles. The Hall–Kier alpha value is -0.860. The molecule has 1 aliphatic heterocycles. The van der Waals surface area contributed by atoms with Gasteiger partial charge >= 0.3 is 0 Å². The summed E-state index contributed by atoms with van der Waals surface area (Å²) in [6, 6.07) is 10.7. The van der Waals surface area contributed by atoms with Crippen LogP contribution in [0.3, 0.4) is 0 Å². The van der Waals surface area contributed by atoms with Crippen LogP contribution in [0.25, 0.3) is 0 Å². The molecule has 0 spiro atoms. The van der Waals surface area contributed by atoms with E-state index in [0.717, 1.165) is 19.5 Å². The first-order valence-corrected chi connectivity index (χ1v) is 5.56. The molecule has 0 saturated carbocycles. The number of hydrogen-bond donors (Lipinski definition) is 0. The van der Waals surface area contributed by atoms with Gasteiger partial charge in [-0.1, -0.05) is 30.3 Å². The quantitative estimate of drug-likeness (QED) is 0.733. The van der Waals surface area contributed by atoms with Gasteiger partial charge in [0, 0.05) is 20.2 Å². The van der Waals surface area contributed by atoms with Crippen molar-refractivity contribution in [2.24, 2.45) is 0 Å². The van der Waals surface area contributed by atoms with E-state index >= 15 is 0 Å². The largest absolute Gasteiger partial charge is 0.380 e. The second-order valence-electron chi connectivity index (χ2n) is 4.42. The zero-order valence-corrected chi connectivity index (χ0v) is 9.52. The van der Waals surface area contributed by atoms with Crippen LogP contribution in [0.5, 0.6) is 0 Å². The zero-order chi connectivity index (χ0) is 10.7. The van der Waals surface area contributed by atoms with E-state index in [1.54, 1.807) is 0 Å². The summed E-state index contributed by atoms with van der Waals surface area (Å²) in [5, 5.41) is 0. The topological polar surface area (TPSA) is 12.5 Å². The van der Waals surface area contributed by atoms with Gasteiger partial charge in [0.15, 0.2) is 0 Å². The second kappa shape index (κ2) is 4.77. The van der Waals surface area contributed by atoms with Crippen LogP contribution < -0.4 is 0 Å². The minimum Gasteiger partial charge on any atom is -0.380 e. The predicted molar refractivity (Wildman–Crippen MR) is 62.1 cm³/mol. The summed E-state index contributed by atoms with van der Waals surface area (Å²) in [4.78, 5) is 2.36. The number of hydrogen-bond acceptors (Lipinski definition) is 2. The lowest BCUT2D eigenvalue weighted by molar-refractivity contribution is 0.0318. The Labute approximate surface area is 91.9 Å². The van der Waals surface area contributed by atoms with E-state index in [1.807, 2.05) is 7.11 Å². The number of ether oxygens (including phenoxy) is 1. The average Bonchev–Trinajstić information content (AvgIpc) is 2.29. The molecular formula is C13H19NO. The van der Waals surface area contributed by atoms with E-state index in [2.05, 4.69) is 42.3 Å². The predicted octanol–water partition coefficient (Wildman–Crippen LogP) is 2.12. The molecule has 0 aromatic heterocycles. The van der Waals surface area contributed by atoms with Gasteiger partial charge in [-0.15, -0.1) is 0 Å². The zero-order valence-electron chi connectivity index (χ0n) is 9.52. The fourth-order valence-electron chi connectivity index (χ4n) is 2.40. The monoisotopic (exact) mass is 205 g/mol. The van der Waals surface area contributed by atoms with E-state index in [0.29, 0.717) is 12.0 Å². The molecule has 1 heterocycles. The minimum absolute atomic E-state index is 0.383. The summed E-state index contributed by atoms with van der Waals surface area (Å²) >= 11 is 0. The summed E-state index contributed by atoms with van der Waals surface area (Å²) in [7, 11) is 3.98. The van der Waals surface area contributed by atoms with Crippen molar-refractivity contribution in [1.29, 1.82) is 0 Å². The molecular weight excluding hydrogens is 186 g/mol. The van der Waals surface area contributed by atoms with Crippen molar-refractivity contribution >= 4 is 0 Å². The summed E-state index contributed by atoms with van der Waals surface area (Å²) < 4.78 is 5.47. The lowest BCUT2D eigenvalue weighted by Gasteiger charge is -2.35. The van der Waals surface area contributed by atoms with Crippen LogP contribution in [0.2, 0.25) is 0 Å². The van der Waals surface area contributed by atoms with Crippen LogP contribution in [0.1, 0.15) is 17.9 Å². The SMILES string of the molecule is CO[C@H]1C[C@@H](c2ccccc2)CN(C)C1. The number of likely N-dealkylation sites (N-methyl/N-ethyl adjacent to an activating group) is 1. The molecule has 1 fully saturated rings. The molecule has 0 aliphatic carbocycles. The van der Waals surface area contributed by atoms with Crippen LogP contribution >= 0.6 is 0 Å². The molecule has 0 unspecified atom stereocenters. The Kier molecular flexibility index (Phi) is 3.39. The van der Waals surface area contributed by atoms with Gasteiger partial charge in [-0.3, -0.25) is 0 Å². The smallest absolute Gasteiger partial charge is 0.0704 e. The van der Waals surface area contributed by atoms with Crippen LogP contribution in [0.15, 0.2) is 30.3 Å². The molecule has 0 bridgehead atoms. The maximum atomic E-state index is 5.47. The summed E-state index contributed by atoms with van der Waals surface area (Å²) in [6.07, 6.45) is 1.53. The van der Waals surface area contributed by atoms with Crippen LogP contribution in [0, 0.1) is 0 Å². The average molecular weight is 205 g/mol. The van der Waals surface area contributed by atoms with Crippen molar-refractivity contribution in [2.45, 2.75) is 18.4 Å². The summed E-state index contributed by atoms with van der Waals surface area (Å²) in [5.41, 5.74) is 1.44. The highest BCUT2D eigenvalue weighted by Crippen LogP contribution is 2.27. The van der Waals surface area contributed by atoms with Gasteiger partial charge in [0.05, 0.1) is 6.10 Å². The Bertz CT molecular complexity index is 299. The standard InChI is InChI=1S/C13H19NO/c1-14-9-12(8-13(10-14)15-2)11-6-4-3-5-7-11/h3-7,12-13H,8-10H2,1-2H3/t12-,13+/m1/s1. The molecule has 2 atom stereocenters. The van der Waals surface area contributed by atoms with Gasteiger partial charge in [-0.05, 0) is 24.9 Å². The maximum Gasteiger partial charge on any atom is 0.0704 e. The minimum atomic E-state index is 0.383. The van der Waals surface area contributed by atoms with Gasteiger partial charge in [0.25, 0.3) is 0 Å². The van der Waals surface area contributed by atoms with Gasteiger partial charge < -0.3 is 9.64 Å². The number of methoxy groups -OCH3 is 1. The van der Waals surface area contributed by atoms with E-state index in [9.17, 15) is 0 Å². The van der Waals surface area contributed by atoms with Crippen molar-refractivity contribution < 1.29 is 4.74 Å². The molecule has 0 N–H and O–H groups in total. The van der Waals surface area contributed by atoms with Gasteiger partial charge in [0.1, 0.15) is 0 Å². The van der Waals surface area contributed by atoms with Crippen molar-refractivity contribution in [2.75, 3.05) is 27.2 Å². The van der Waals surface area contributed by atoms with Gasteiger partial charge in [-0.25, -0.2) is 0 Å². The molecule has 2 nitrogen and oxygen atoms in total. The van der Waals surface area contributed by atoms with E-state index in [1.165, 1.54) is 5.56 Å². The van der Waals surface area contributed by atoms with Crippen LogP contribution in [-0.4, -0.2) is 38.3 Å². The van der Waals surface area contributed by atoms with Crippen molar-refractivity contribution in [3.63, 3.8) is 0 Å². The molecule has 2 rings (SSSR count). The Morgan fingerprint density at radius 2 is 1.93 bits per heavy atom. The summed E-state index contributed by atoms with van der Waals surface area (Å²) in [6.45, 7) is 2.20. The van der Waals surface area contributed by atoms with Crippen LogP contribution in [0.4, 0.5) is 0 Å². The molecule has 1 aromatic rings. The highest BCUT2D eigenvalue weighted by molar-refractivity contribution is 5.20. The van der Waals surface area contributed by atoms with Crippen molar-refractivity contribution in [1.82, 2.24) is 4.90 Å². The fraction of sp³-hybridized carbons (Fsp3) is 0.538. The van der Waals surface area contributed by atoms with Crippen molar-refractivity contribution in [3.8, 4) is 0 Å². The van der Waals surface area contributed by atoms with Crippen molar-refractivity contribution in [3.05, 3.63) is 35.9 Å². The maximum absolute atomic E-state index is 5.47. The second-order valence-corrected chi connectivity index (χ2v) is 4.42. The fourth-order valence-corrected chi connectivity index (χ4v) is 2.40. The van der Waals surface area contributed by atoms with E-state index in [4.69, 9.17) is 4.74 Å². The van der Waals surface area contributed by atoms with E-state index in [-0.39, 0.29) is 0 Å². The van der Waals surface area contributed by atoms with Gasteiger partial charge in [-0.2, -0.15) is 0 Å². The van der Waals surface area contributed by atoms with Gasteiger partial charge in [0.2, 0.25) is 0 Å². The Balaban J connectivity index is 2.09. The first-order valence-electron chi connectivity index (χ1n) is 5.56. The lowest BCUT2D eigenvalue weighted by atomic mass is 9.89. The lowest BCUT2D eigenvalue weighted by Crippen LogP contribution is -2.40. The molecule has 15 heavy (non-hydrogen) atoms. The number of rotatable bonds is 2. The third kappa shape index (κ3) is 2.58. The number of benzene rings is 1. The molecule has 1 saturated heterocycles. The van der Waals surface area contributed by atoms with Crippen LogP contribution in [-0.2, 0) is 4.74 Å². The third-order valence-electron chi connectivity index (χ3n) is 3.20. The molecule has 2 heteroatoms. The highest BCUT2D eigenvalue weighted by Gasteiger charge is 2.25. The first kappa shape index (κ1) is 10.7. The number of piperidine rings is 1. The van der Waals surface area contributed by atoms with E-state index < -0.39 is 0 Å². The Morgan fingerprint density at radius 1 is 1.20 bits per heavy atom. The molecule has 0 amide bonds.